The third-order valence-corrected chi connectivity index (χ3v) is 3.09. The van der Waals surface area contributed by atoms with Crippen molar-refractivity contribution in [3.8, 4) is 5.75 Å². The lowest BCUT2D eigenvalue weighted by Gasteiger charge is -2.25. The fourth-order valence-electron chi connectivity index (χ4n) is 2.11. The third-order valence-electron chi connectivity index (χ3n) is 3.09. The average Bonchev–Trinajstić information content (AvgIpc) is 2.39. The van der Waals surface area contributed by atoms with Crippen LogP contribution in [0.15, 0.2) is 18.5 Å². The quantitative estimate of drug-likeness (QED) is 0.853. The van der Waals surface area contributed by atoms with E-state index in [1.807, 2.05) is 0 Å². The number of alkyl halides is 1. The molecule has 1 atom stereocenters. The van der Waals surface area contributed by atoms with E-state index in [1.54, 1.807) is 25.6 Å². The summed E-state index contributed by atoms with van der Waals surface area (Å²) >= 11 is 0. The number of rotatable bonds is 3. The van der Waals surface area contributed by atoms with Crippen molar-refractivity contribution in [3.05, 3.63) is 24.0 Å². The standard InChI is InChI=1S/C12H17FN2O/c1-16-11-6-10(7-15-8-11)12(13)9-2-4-14-5-3-9/h6-9,12,14H,2-5H2,1H3. The first-order valence-corrected chi connectivity index (χ1v) is 5.65. The summed E-state index contributed by atoms with van der Waals surface area (Å²) in [6.45, 7) is 1.81. The van der Waals surface area contributed by atoms with Crippen LogP contribution in [-0.2, 0) is 0 Å². The Morgan fingerprint density at radius 2 is 2.19 bits per heavy atom. The van der Waals surface area contributed by atoms with Crippen molar-refractivity contribution in [1.29, 1.82) is 0 Å². The number of ether oxygens (including phenoxy) is 1. The topological polar surface area (TPSA) is 34.1 Å². The molecule has 1 unspecified atom stereocenters. The third kappa shape index (κ3) is 2.50. The zero-order valence-electron chi connectivity index (χ0n) is 9.45. The van der Waals surface area contributed by atoms with Crippen LogP contribution in [0.1, 0.15) is 24.6 Å². The molecular formula is C12H17FN2O. The van der Waals surface area contributed by atoms with Crippen LogP contribution in [0.2, 0.25) is 0 Å². The SMILES string of the molecule is COc1cncc(C(F)C2CCNCC2)c1. The van der Waals surface area contributed by atoms with Gasteiger partial charge in [0.25, 0.3) is 0 Å². The van der Waals surface area contributed by atoms with E-state index in [-0.39, 0.29) is 5.92 Å². The van der Waals surface area contributed by atoms with Crippen LogP contribution < -0.4 is 10.1 Å². The van der Waals surface area contributed by atoms with Gasteiger partial charge < -0.3 is 10.1 Å². The summed E-state index contributed by atoms with van der Waals surface area (Å²) in [6, 6.07) is 1.74. The van der Waals surface area contributed by atoms with E-state index in [9.17, 15) is 4.39 Å². The van der Waals surface area contributed by atoms with Gasteiger partial charge in [0.2, 0.25) is 0 Å². The molecule has 1 aromatic heterocycles. The highest BCUT2D eigenvalue weighted by Gasteiger charge is 2.25. The fraction of sp³-hybridized carbons (Fsp3) is 0.583. The first-order chi connectivity index (χ1) is 7.81. The Hall–Kier alpha value is -1.16. The Morgan fingerprint density at radius 1 is 1.44 bits per heavy atom. The highest BCUT2D eigenvalue weighted by atomic mass is 19.1. The van der Waals surface area contributed by atoms with Crippen molar-refractivity contribution in [2.24, 2.45) is 5.92 Å². The van der Waals surface area contributed by atoms with E-state index < -0.39 is 6.17 Å². The summed E-state index contributed by atoms with van der Waals surface area (Å²) in [5.74, 6) is 0.726. The normalized spacial score (nSPS) is 19.4. The summed E-state index contributed by atoms with van der Waals surface area (Å²) in [4.78, 5) is 3.99. The van der Waals surface area contributed by atoms with E-state index in [0.29, 0.717) is 11.3 Å². The lowest BCUT2D eigenvalue weighted by Crippen LogP contribution is -2.29. The fourth-order valence-corrected chi connectivity index (χ4v) is 2.11. The Balaban J connectivity index is 2.09. The van der Waals surface area contributed by atoms with E-state index >= 15 is 0 Å². The van der Waals surface area contributed by atoms with Crippen molar-refractivity contribution in [2.75, 3.05) is 20.2 Å². The van der Waals surface area contributed by atoms with Gasteiger partial charge in [-0.15, -0.1) is 0 Å². The van der Waals surface area contributed by atoms with Gasteiger partial charge in [-0.2, -0.15) is 0 Å². The van der Waals surface area contributed by atoms with Crippen LogP contribution in [0, 0.1) is 5.92 Å². The predicted octanol–water partition coefficient (Wildman–Crippen LogP) is 2.10. The molecule has 0 aliphatic carbocycles. The monoisotopic (exact) mass is 224 g/mol. The zero-order chi connectivity index (χ0) is 11.4. The molecule has 2 rings (SSSR count). The summed E-state index contributed by atoms with van der Waals surface area (Å²) in [5, 5.41) is 3.24. The molecule has 4 heteroatoms. The van der Waals surface area contributed by atoms with Crippen LogP contribution in [0.25, 0.3) is 0 Å². The Labute approximate surface area is 95.0 Å². The number of nitrogens with zero attached hydrogens (tertiary/aromatic N) is 1. The van der Waals surface area contributed by atoms with Gasteiger partial charge in [-0.1, -0.05) is 0 Å². The minimum absolute atomic E-state index is 0.107. The van der Waals surface area contributed by atoms with E-state index in [2.05, 4.69) is 10.3 Å². The maximum Gasteiger partial charge on any atom is 0.137 e. The highest BCUT2D eigenvalue weighted by molar-refractivity contribution is 5.25. The van der Waals surface area contributed by atoms with Crippen molar-refractivity contribution < 1.29 is 9.13 Å². The number of halogens is 1. The molecule has 1 fully saturated rings. The van der Waals surface area contributed by atoms with Gasteiger partial charge in [-0.3, -0.25) is 4.98 Å². The maximum atomic E-state index is 14.2. The molecule has 0 radical (unpaired) electrons. The van der Waals surface area contributed by atoms with Gasteiger partial charge >= 0.3 is 0 Å². The number of piperidine rings is 1. The summed E-state index contributed by atoms with van der Waals surface area (Å²) < 4.78 is 19.3. The molecule has 16 heavy (non-hydrogen) atoms. The summed E-state index contributed by atoms with van der Waals surface area (Å²) in [5.41, 5.74) is 0.631. The summed E-state index contributed by atoms with van der Waals surface area (Å²) in [6.07, 6.45) is 4.04. The van der Waals surface area contributed by atoms with Crippen LogP contribution in [0.4, 0.5) is 4.39 Å². The van der Waals surface area contributed by atoms with E-state index in [4.69, 9.17) is 4.74 Å². The zero-order valence-corrected chi connectivity index (χ0v) is 9.45. The van der Waals surface area contributed by atoms with E-state index in [0.717, 1.165) is 25.9 Å². The number of methoxy groups -OCH3 is 1. The Morgan fingerprint density at radius 3 is 2.88 bits per heavy atom. The molecule has 0 bridgehead atoms. The number of nitrogens with one attached hydrogen (secondary N) is 1. The highest BCUT2D eigenvalue weighted by Crippen LogP contribution is 2.32. The number of hydrogen-bond acceptors (Lipinski definition) is 3. The molecule has 2 heterocycles. The summed E-state index contributed by atoms with van der Waals surface area (Å²) in [7, 11) is 1.57. The number of pyridine rings is 1. The van der Waals surface area contributed by atoms with Gasteiger partial charge in [-0.05, 0) is 37.9 Å². The number of hydrogen-bond donors (Lipinski definition) is 1. The molecular weight excluding hydrogens is 207 g/mol. The smallest absolute Gasteiger partial charge is 0.137 e. The molecule has 1 aliphatic rings. The van der Waals surface area contributed by atoms with Gasteiger partial charge in [0.1, 0.15) is 11.9 Å². The largest absolute Gasteiger partial charge is 0.495 e. The van der Waals surface area contributed by atoms with E-state index in [1.165, 1.54) is 0 Å². The number of aromatic nitrogens is 1. The van der Waals surface area contributed by atoms with Crippen LogP contribution >= 0.6 is 0 Å². The molecule has 0 saturated carbocycles. The van der Waals surface area contributed by atoms with Crippen LogP contribution in [0.5, 0.6) is 5.75 Å². The van der Waals surface area contributed by atoms with Gasteiger partial charge in [0, 0.05) is 11.8 Å². The molecule has 1 saturated heterocycles. The lowest BCUT2D eigenvalue weighted by atomic mass is 9.90. The molecule has 1 aromatic rings. The van der Waals surface area contributed by atoms with Crippen molar-refractivity contribution in [3.63, 3.8) is 0 Å². The minimum Gasteiger partial charge on any atom is -0.495 e. The van der Waals surface area contributed by atoms with Crippen LogP contribution in [-0.4, -0.2) is 25.2 Å². The van der Waals surface area contributed by atoms with Gasteiger partial charge in [0.15, 0.2) is 0 Å². The molecule has 0 aromatic carbocycles. The lowest BCUT2D eigenvalue weighted by molar-refractivity contribution is 0.189. The second kappa shape index (κ2) is 5.25. The first kappa shape index (κ1) is 11.3. The molecule has 3 nitrogen and oxygen atoms in total. The average molecular weight is 224 g/mol. The molecule has 1 aliphatic heterocycles. The first-order valence-electron chi connectivity index (χ1n) is 5.65. The van der Waals surface area contributed by atoms with Gasteiger partial charge in [-0.25, -0.2) is 4.39 Å². The molecule has 0 amide bonds. The molecule has 1 N–H and O–H groups in total. The second-order valence-electron chi connectivity index (χ2n) is 4.15. The predicted molar refractivity (Wildman–Crippen MR) is 60.2 cm³/mol. The van der Waals surface area contributed by atoms with Crippen molar-refractivity contribution in [1.82, 2.24) is 10.3 Å². The molecule has 0 spiro atoms. The van der Waals surface area contributed by atoms with Crippen molar-refractivity contribution in [2.45, 2.75) is 19.0 Å². The molecule has 88 valence electrons. The minimum atomic E-state index is -0.926. The Bertz CT molecular complexity index is 340. The Kier molecular flexibility index (Phi) is 3.72. The van der Waals surface area contributed by atoms with Crippen LogP contribution in [0.3, 0.4) is 0 Å². The maximum absolute atomic E-state index is 14.2. The second-order valence-corrected chi connectivity index (χ2v) is 4.15. The van der Waals surface area contributed by atoms with Gasteiger partial charge in [0.05, 0.1) is 13.3 Å². The van der Waals surface area contributed by atoms with Crippen molar-refractivity contribution >= 4 is 0 Å².